The number of H-pyrrole nitrogens is 1. The number of aromatic nitrogens is 4. The fourth-order valence-corrected chi connectivity index (χ4v) is 6.84. The number of fused-ring (bicyclic) bond motifs is 4. The molecule has 6 rings (SSSR count). The number of aryl methyl sites for hydroxylation is 1. The number of thioether (sulfide) groups is 1. The lowest BCUT2D eigenvalue weighted by molar-refractivity contribution is -0.0877. The molecule has 4 aromatic rings. The summed E-state index contributed by atoms with van der Waals surface area (Å²) in [5.74, 6) is 1.09. The van der Waals surface area contributed by atoms with Gasteiger partial charge in [0.1, 0.15) is 23.2 Å². The molecule has 1 aliphatic carbocycles. The molecule has 4 heterocycles. The Morgan fingerprint density at radius 3 is 3.03 bits per heavy atom. The van der Waals surface area contributed by atoms with Crippen LogP contribution >= 0.6 is 23.1 Å². The Morgan fingerprint density at radius 1 is 1.30 bits per heavy atom. The molecule has 1 fully saturated rings. The lowest BCUT2D eigenvalue weighted by Crippen LogP contribution is -2.48. The van der Waals surface area contributed by atoms with Crippen molar-refractivity contribution in [3.8, 4) is 0 Å². The Hall–Kier alpha value is -2.24. The number of hydrogen-bond donors (Lipinski definition) is 3. The Morgan fingerprint density at radius 2 is 2.18 bits per heavy atom. The molecule has 0 radical (unpaired) electrons. The zero-order chi connectivity index (χ0) is 22.4. The molecule has 33 heavy (non-hydrogen) atoms. The predicted molar refractivity (Wildman–Crippen MR) is 132 cm³/mol. The SMILES string of the molecule is CSc1cc2[nH]ncc2cc1Nc1ncnc2sc3c(c12)CC[C@H](C(O)N1CCOCC1)C3. The van der Waals surface area contributed by atoms with Crippen molar-refractivity contribution in [3.63, 3.8) is 0 Å². The van der Waals surface area contributed by atoms with Gasteiger partial charge in [-0.05, 0) is 43.2 Å². The number of nitrogens with zero attached hydrogens (tertiary/aromatic N) is 4. The number of thiophene rings is 1. The summed E-state index contributed by atoms with van der Waals surface area (Å²) in [5.41, 5.74) is 3.38. The fraction of sp³-hybridized carbons (Fsp3) is 0.435. The van der Waals surface area contributed by atoms with Gasteiger partial charge in [0.05, 0.1) is 36.0 Å². The summed E-state index contributed by atoms with van der Waals surface area (Å²) >= 11 is 3.43. The number of ether oxygens (including phenoxy) is 1. The Balaban J connectivity index is 1.32. The second kappa shape index (κ2) is 8.84. The first-order valence-corrected chi connectivity index (χ1v) is 13.3. The van der Waals surface area contributed by atoms with E-state index in [-0.39, 0.29) is 5.92 Å². The molecular formula is C23H26N6O2S2. The zero-order valence-electron chi connectivity index (χ0n) is 18.4. The predicted octanol–water partition coefficient (Wildman–Crippen LogP) is 3.79. The van der Waals surface area contributed by atoms with Crippen LogP contribution in [0.2, 0.25) is 0 Å². The van der Waals surface area contributed by atoms with Gasteiger partial charge in [0.15, 0.2) is 0 Å². The molecule has 0 saturated carbocycles. The molecule has 8 nitrogen and oxygen atoms in total. The minimum absolute atomic E-state index is 0.236. The van der Waals surface area contributed by atoms with Crippen molar-refractivity contribution in [2.75, 3.05) is 37.9 Å². The number of morpholine rings is 1. The van der Waals surface area contributed by atoms with Crippen LogP contribution in [-0.2, 0) is 17.6 Å². The molecule has 3 N–H and O–H groups in total. The lowest BCUT2D eigenvalue weighted by Gasteiger charge is -2.37. The minimum Gasteiger partial charge on any atom is -0.379 e. The van der Waals surface area contributed by atoms with E-state index in [0.717, 1.165) is 69.9 Å². The topological polar surface area (TPSA) is 99.2 Å². The number of nitrogens with one attached hydrogen (secondary N) is 2. The quantitative estimate of drug-likeness (QED) is 0.370. The normalized spacial score (nSPS) is 20.2. The van der Waals surface area contributed by atoms with Crippen molar-refractivity contribution in [1.82, 2.24) is 25.1 Å². The molecule has 1 aromatic carbocycles. The molecule has 1 unspecified atom stereocenters. The Kier molecular flexibility index (Phi) is 5.71. The molecule has 172 valence electrons. The maximum atomic E-state index is 11.0. The van der Waals surface area contributed by atoms with E-state index >= 15 is 0 Å². The summed E-state index contributed by atoms with van der Waals surface area (Å²) in [6.07, 6.45) is 7.91. The van der Waals surface area contributed by atoms with Crippen LogP contribution in [0.4, 0.5) is 11.5 Å². The second-order valence-corrected chi connectivity index (χ2v) is 10.5. The third-order valence-corrected chi connectivity index (χ3v) is 8.68. The van der Waals surface area contributed by atoms with Crippen LogP contribution in [0.15, 0.2) is 29.6 Å². The van der Waals surface area contributed by atoms with Crippen molar-refractivity contribution in [1.29, 1.82) is 0 Å². The van der Waals surface area contributed by atoms with Crippen LogP contribution in [0.1, 0.15) is 16.9 Å². The van der Waals surface area contributed by atoms with E-state index in [1.54, 1.807) is 29.4 Å². The zero-order valence-corrected chi connectivity index (χ0v) is 20.0. The van der Waals surface area contributed by atoms with E-state index in [4.69, 9.17) is 4.74 Å². The van der Waals surface area contributed by atoms with E-state index in [9.17, 15) is 5.11 Å². The van der Waals surface area contributed by atoms with E-state index in [2.05, 4.69) is 48.8 Å². The van der Waals surface area contributed by atoms with Gasteiger partial charge in [-0.15, -0.1) is 23.1 Å². The van der Waals surface area contributed by atoms with E-state index in [1.165, 1.54) is 10.4 Å². The fourth-order valence-electron chi connectivity index (χ4n) is 4.99. The first-order chi connectivity index (χ1) is 16.2. The molecule has 2 aliphatic rings. The van der Waals surface area contributed by atoms with Crippen molar-refractivity contribution in [2.45, 2.75) is 30.4 Å². The summed E-state index contributed by atoms with van der Waals surface area (Å²) in [5, 5.41) is 24.0. The average Bonchev–Trinajstić information content (AvgIpc) is 3.47. The van der Waals surface area contributed by atoms with Crippen molar-refractivity contribution < 1.29 is 9.84 Å². The number of rotatable bonds is 5. The molecule has 1 aliphatic heterocycles. The maximum Gasteiger partial charge on any atom is 0.142 e. The highest BCUT2D eigenvalue weighted by atomic mass is 32.2. The smallest absolute Gasteiger partial charge is 0.142 e. The molecule has 0 bridgehead atoms. The van der Waals surface area contributed by atoms with Gasteiger partial charge in [-0.25, -0.2) is 9.97 Å². The standard InChI is InChI=1S/C23H26N6O2S2/c1-32-19-10-16-14(11-26-28-16)8-17(19)27-21-20-15-3-2-13(23(30)29-4-6-31-7-5-29)9-18(15)33-22(20)25-12-24-21/h8,10-13,23,30H,2-7,9H2,1H3,(H,26,28)(H,24,25,27)/t13-,23?/m0/s1. The number of hydrogen-bond acceptors (Lipinski definition) is 9. The third-order valence-electron chi connectivity index (χ3n) is 6.74. The van der Waals surface area contributed by atoms with Crippen LogP contribution in [0.25, 0.3) is 21.1 Å². The van der Waals surface area contributed by atoms with Crippen molar-refractivity contribution in [3.05, 3.63) is 35.1 Å². The van der Waals surface area contributed by atoms with Crippen LogP contribution in [0.3, 0.4) is 0 Å². The van der Waals surface area contributed by atoms with Gasteiger partial charge < -0.3 is 15.2 Å². The van der Waals surface area contributed by atoms with E-state index < -0.39 is 6.23 Å². The number of benzene rings is 1. The lowest BCUT2D eigenvalue weighted by atomic mass is 9.86. The van der Waals surface area contributed by atoms with Crippen molar-refractivity contribution in [2.24, 2.45) is 5.92 Å². The maximum absolute atomic E-state index is 11.0. The second-order valence-electron chi connectivity index (χ2n) is 8.61. The van der Waals surface area contributed by atoms with Gasteiger partial charge in [0, 0.05) is 34.2 Å². The summed E-state index contributed by atoms with van der Waals surface area (Å²) in [6.45, 7) is 3.00. The molecule has 1 saturated heterocycles. The van der Waals surface area contributed by atoms with Crippen LogP contribution in [-0.4, -0.2) is 69.0 Å². The van der Waals surface area contributed by atoms with Crippen LogP contribution < -0.4 is 5.32 Å². The van der Waals surface area contributed by atoms with Gasteiger partial charge in [-0.2, -0.15) is 5.10 Å². The average molecular weight is 483 g/mol. The third kappa shape index (κ3) is 3.89. The molecular weight excluding hydrogens is 456 g/mol. The van der Waals surface area contributed by atoms with Gasteiger partial charge in [-0.3, -0.25) is 10.00 Å². The number of aromatic amines is 1. The monoisotopic (exact) mass is 482 g/mol. The van der Waals surface area contributed by atoms with Gasteiger partial charge >= 0.3 is 0 Å². The summed E-state index contributed by atoms with van der Waals surface area (Å²) < 4.78 is 5.45. The molecule has 10 heteroatoms. The highest BCUT2D eigenvalue weighted by Gasteiger charge is 2.32. The van der Waals surface area contributed by atoms with Gasteiger partial charge in [-0.1, -0.05) is 0 Å². The molecule has 3 aromatic heterocycles. The molecule has 2 atom stereocenters. The minimum atomic E-state index is -0.415. The Labute approximate surface area is 199 Å². The number of anilines is 2. The highest BCUT2D eigenvalue weighted by Crippen LogP contribution is 2.42. The first-order valence-electron chi connectivity index (χ1n) is 11.2. The molecule has 0 amide bonds. The van der Waals surface area contributed by atoms with Crippen molar-refractivity contribution >= 4 is 55.7 Å². The van der Waals surface area contributed by atoms with Gasteiger partial charge in [0.2, 0.25) is 0 Å². The van der Waals surface area contributed by atoms with Crippen LogP contribution in [0.5, 0.6) is 0 Å². The summed E-state index contributed by atoms with van der Waals surface area (Å²) in [6, 6.07) is 4.24. The van der Waals surface area contributed by atoms with Crippen LogP contribution in [0, 0.1) is 5.92 Å². The highest BCUT2D eigenvalue weighted by molar-refractivity contribution is 7.98. The number of aliphatic hydroxyl groups excluding tert-OH is 1. The largest absolute Gasteiger partial charge is 0.379 e. The number of aliphatic hydroxyl groups is 1. The van der Waals surface area contributed by atoms with E-state index in [0.29, 0.717) is 13.2 Å². The Bertz CT molecular complexity index is 1300. The first kappa shape index (κ1) is 21.3. The summed E-state index contributed by atoms with van der Waals surface area (Å²) in [7, 11) is 0. The molecule has 0 spiro atoms. The summed E-state index contributed by atoms with van der Waals surface area (Å²) in [4.78, 5) is 14.9. The van der Waals surface area contributed by atoms with Gasteiger partial charge in [0.25, 0.3) is 0 Å². The van der Waals surface area contributed by atoms with E-state index in [1.807, 2.05) is 6.20 Å².